The lowest BCUT2D eigenvalue weighted by Gasteiger charge is -2.13. The normalized spacial score (nSPS) is 10.8. The van der Waals surface area contributed by atoms with Crippen LogP contribution in [0.2, 0.25) is 5.02 Å². The van der Waals surface area contributed by atoms with Gasteiger partial charge < -0.3 is 15.5 Å². The third kappa shape index (κ3) is 3.94. The highest BCUT2D eigenvalue weighted by molar-refractivity contribution is 6.30. The number of benzene rings is 1. The smallest absolute Gasteiger partial charge is 0.273 e. The van der Waals surface area contributed by atoms with Crippen LogP contribution in [0.5, 0.6) is 0 Å². The van der Waals surface area contributed by atoms with Gasteiger partial charge in [-0.3, -0.25) is 10.1 Å². The summed E-state index contributed by atoms with van der Waals surface area (Å²) in [7, 11) is 0. The summed E-state index contributed by atoms with van der Waals surface area (Å²) < 4.78 is 0. The number of nitrogens with one attached hydrogen (secondary N) is 1. The Bertz CT molecular complexity index is 396. The first-order valence-electron chi connectivity index (χ1n) is 4.96. The fraction of sp³-hybridized carbons (Fsp3) is 0.400. The van der Waals surface area contributed by atoms with E-state index in [1.165, 1.54) is 18.2 Å². The van der Waals surface area contributed by atoms with Gasteiger partial charge in [0.2, 0.25) is 0 Å². The quantitative estimate of drug-likeness (QED) is 0.517. The molecule has 1 rings (SSSR count). The molecule has 0 unspecified atom stereocenters. The predicted octanol–water partition coefficient (Wildman–Crippen LogP) is 0.691. The molecule has 0 atom stereocenters. The van der Waals surface area contributed by atoms with E-state index in [2.05, 4.69) is 5.32 Å². The molecule has 0 saturated carbocycles. The average Bonchev–Trinajstić information content (AvgIpc) is 2.30. The van der Waals surface area contributed by atoms with Crippen molar-refractivity contribution in [2.75, 3.05) is 13.2 Å². The summed E-state index contributed by atoms with van der Waals surface area (Å²) in [6.45, 7) is -0.335. The Hall–Kier alpha value is -1.21. The van der Waals surface area contributed by atoms with E-state index in [-0.39, 0.29) is 25.4 Å². The Morgan fingerprint density at radius 3 is 2.59 bits per heavy atom. The van der Waals surface area contributed by atoms with Crippen molar-refractivity contribution in [3.05, 3.63) is 38.9 Å². The van der Waals surface area contributed by atoms with Crippen molar-refractivity contribution in [3.63, 3.8) is 0 Å². The first-order chi connectivity index (χ1) is 8.08. The average molecular weight is 261 g/mol. The molecule has 0 fully saturated rings. The predicted molar refractivity (Wildman–Crippen MR) is 62.9 cm³/mol. The maximum absolute atomic E-state index is 10.8. The standard InChI is InChI=1S/C10H13ClN2O4/c11-8-1-2-10(13(16)17)7(3-8)4-12-9(5-14)6-15/h1-3,9,12,14-15H,4-6H2. The van der Waals surface area contributed by atoms with Crippen LogP contribution in [0, 0.1) is 10.1 Å². The van der Waals surface area contributed by atoms with Gasteiger partial charge in [0, 0.05) is 23.2 Å². The number of hydrogen-bond acceptors (Lipinski definition) is 5. The number of aliphatic hydroxyl groups is 2. The van der Waals surface area contributed by atoms with Gasteiger partial charge in [0.15, 0.2) is 0 Å². The molecule has 0 aliphatic rings. The molecule has 0 heterocycles. The molecule has 0 aliphatic heterocycles. The molecule has 0 bridgehead atoms. The lowest BCUT2D eigenvalue weighted by atomic mass is 10.1. The lowest BCUT2D eigenvalue weighted by Crippen LogP contribution is -2.35. The monoisotopic (exact) mass is 260 g/mol. The zero-order chi connectivity index (χ0) is 12.8. The first kappa shape index (κ1) is 13.9. The molecule has 1 aromatic rings. The van der Waals surface area contributed by atoms with Crippen LogP contribution in [-0.4, -0.2) is 34.4 Å². The minimum absolute atomic E-state index is 0.0449. The van der Waals surface area contributed by atoms with E-state index in [0.29, 0.717) is 10.6 Å². The van der Waals surface area contributed by atoms with Crippen LogP contribution < -0.4 is 5.32 Å². The molecular weight excluding hydrogens is 248 g/mol. The van der Waals surface area contributed by atoms with Crippen molar-refractivity contribution in [2.24, 2.45) is 0 Å². The van der Waals surface area contributed by atoms with E-state index in [1.54, 1.807) is 0 Å². The molecule has 0 aromatic heterocycles. The zero-order valence-electron chi connectivity index (χ0n) is 8.97. The lowest BCUT2D eigenvalue weighted by molar-refractivity contribution is -0.385. The summed E-state index contributed by atoms with van der Waals surface area (Å²) in [6.07, 6.45) is 0. The van der Waals surface area contributed by atoms with E-state index in [4.69, 9.17) is 21.8 Å². The summed E-state index contributed by atoms with van der Waals surface area (Å²) in [5, 5.41) is 31.7. The van der Waals surface area contributed by atoms with Crippen molar-refractivity contribution in [2.45, 2.75) is 12.6 Å². The van der Waals surface area contributed by atoms with E-state index in [1.807, 2.05) is 0 Å². The van der Waals surface area contributed by atoms with Gasteiger partial charge in [-0.2, -0.15) is 0 Å². The van der Waals surface area contributed by atoms with Gasteiger partial charge in [0.25, 0.3) is 5.69 Å². The number of hydrogen-bond donors (Lipinski definition) is 3. The van der Waals surface area contributed by atoms with Gasteiger partial charge in [-0.05, 0) is 12.1 Å². The maximum atomic E-state index is 10.8. The SMILES string of the molecule is O=[N+]([O-])c1ccc(Cl)cc1CNC(CO)CO. The number of halogens is 1. The second-order valence-electron chi connectivity index (χ2n) is 3.47. The van der Waals surface area contributed by atoms with Gasteiger partial charge in [-0.15, -0.1) is 0 Å². The van der Waals surface area contributed by atoms with Gasteiger partial charge in [-0.25, -0.2) is 0 Å². The Labute approximate surface area is 103 Å². The van der Waals surface area contributed by atoms with Gasteiger partial charge >= 0.3 is 0 Å². The second kappa shape index (κ2) is 6.51. The molecule has 0 amide bonds. The number of rotatable bonds is 6. The molecule has 0 spiro atoms. The number of aliphatic hydroxyl groups excluding tert-OH is 2. The van der Waals surface area contributed by atoms with Crippen molar-refractivity contribution < 1.29 is 15.1 Å². The van der Waals surface area contributed by atoms with Crippen LogP contribution in [-0.2, 0) is 6.54 Å². The third-order valence-corrected chi connectivity index (χ3v) is 2.50. The fourth-order valence-electron chi connectivity index (χ4n) is 1.31. The molecule has 6 nitrogen and oxygen atoms in total. The maximum Gasteiger partial charge on any atom is 0.273 e. The number of nitro benzene ring substituents is 1. The molecule has 0 aliphatic carbocycles. The highest BCUT2D eigenvalue weighted by Crippen LogP contribution is 2.22. The molecule has 94 valence electrons. The minimum Gasteiger partial charge on any atom is -0.395 e. The van der Waals surface area contributed by atoms with Crippen LogP contribution in [0.15, 0.2) is 18.2 Å². The Kier molecular flexibility index (Phi) is 5.30. The second-order valence-corrected chi connectivity index (χ2v) is 3.91. The summed E-state index contributed by atoms with van der Waals surface area (Å²) >= 11 is 5.76. The molecular formula is C10H13ClN2O4. The molecule has 17 heavy (non-hydrogen) atoms. The summed E-state index contributed by atoms with van der Waals surface area (Å²) in [6, 6.07) is 3.75. The largest absolute Gasteiger partial charge is 0.395 e. The van der Waals surface area contributed by atoms with Crippen LogP contribution in [0.3, 0.4) is 0 Å². The Morgan fingerprint density at radius 2 is 2.06 bits per heavy atom. The number of nitrogens with zero attached hydrogens (tertiary/aromatic N) is 1. The van der Waals surface area contributed by atoms with Gasteiger partial charge in [-0.1, -0.05) is 11.6 Å². The first-order valence-corrected chi connectivity index (χ1v) is 5.34. The Balaban J connectivity index is 2.81. The van der Waals surface area contributed by atoms with Crippen LogP contribution in [0.25, 0.3) is 0 Å². The molecule has 0 radical (unpaired) electrons. The molecule has 1 aromatic carbocycles. The minimum atomic E-state index is -0.506. The molecule has 7 heteroatoms. The fourth-order valence-corrected chi connectivity index (χ4v) is 1.51. The highest BCUT2D eigenvalue weighted by atomic mass is 35.5. The van der Waals surface area contributed by atoms with E-state index < -0.39 is 11.0 Å². The summed E-state index contributed by atoms with van der Waals surface area (Å²) in [4.78, 5) is 10.3. The molecule has 0 saturated heterocycles. The number of nitro groups is 1. The zero-order valence-corrected chi connectivity index (χ0v) is 9.72. The third-order valence-electron chi connectivity index (χ3n) is 2.26. The summed E-state index contributed by atoms with van der Waals surface area (Å²) in [5.74, 6) is 0. The van der Waals surface area contributed by atoms with Gasteiger partial charge in [0.05, 0.1) is 24.2 Å². The van der Waals surface area contributed by atoms with Crippen LogP contribution in [0.1, 0.15) is 5.56 Å². The molecule has 3 N–H and O–H groups in total. The topological polar surface area (TPSA) is 95.6 Å². The van der Waals surface area contributed by atoms with E-state index >= 15 is 0 Å². The van der Waals surface area contributed by atoms with Crippen molar-refractivity contribution in [1.82, 2.24) is 5.32 Å². The van der Waals surface area contributed by atoms with Crippen LogP contribution in [0.4, 0.5) is 5.69 Å². The Morgan fingerprint density at radius 1 is 1.41 bits per heavy atom. The van der Waals surface area contributed by atoms with Crippen LogP contribution >= 0.6 is 11.6 Å². The van der Waals surface area contributed by atoms with Crippen molar-refractivity contribution in [1.29, 1.82) is 0 Å². The highest BCUT2D eigenvalue weighted by Gasteiger charge is 2.15. The summed E-state index contributed by atoms with van der Waals surface area (Å²) in [5.41, 5.74) is 0.367. The van der Waals surface area contributed by atoms with E-state index in [9.17, 15) is 10.1 Å². The van der Waals surface area contributed by atoms with E-state index in [0.717, 1.165) is 0 Å². The van der Waals surface area contributed by atoms with Gasteiger partial charge in [0.1, 0.15) is 0 Å². The van der Waals surface area contributed by atoms with Crippen molar-refractivity contribution in [3.8, 4) is 0 Å². The van der Waals surface area contributed by atoms with Crippen molar-refractivity contribution >= 4 is 17.3 Å².